The summed E-state index contributed by atoms with van der Waals surface area (Å²) in [6.45, 7) is 3.87. The molecule has 0 aliphatic carbocycles. The van der Waals surface area contributed by atoms with E-state index in [1.807, 2.05) is 43.3 Å². The van der Waals surface area contributed by atoms with E-state index in [1.165, 1.54) is 0 Å². The highest BCUT2D eigenvalue weighted by atomic mass is 35.5. The third-order valence-electron chi connectivity index (χ3n) is 3.45. The fraction of sp³-hybridized carbons (Fsp3) is 0.278. The number of hydrogen-bond donors (Lipinski definition) is 2. The molecule has 2 aromatic rings. The molecule has 1 atom stereocenters. The van der Waals surface area contributed by atoms with Gasteiger partial charge in [0, 0.05) is 24.7 Å². The third-order valence-corrected chi connectivity index (χ3v) is 3.68. The molecule has 0 aliphatic rings. The number of carbonyl (C=O) groups is 1. The molecule has 2 N–H and O–H groups in total. The van der Waals surface area contributed by atoms with Gasteiger partial charge in [-0.25, -0.2) is 4.79 Å². The lowest BCUT2D eigenvalue weighted by atomic mass is 10.1. The van der Waals surface area contributed by atoms with E-state index in [1.54, 1.807) is 12.1 Å². The van der Waals surface area contributed by atoms with Crippen molar-refractivity contribution in [3.8, 4) is 0 Å². The summed E-state index contributed by atoms with van der Waals surface area (Å²) < 4.78 is 5.77. The third kappa shape index (κ3) is 5.36. The van der Waals surface area contributed by atoms with Crippen molar-refractivity contribution in [1.29, 1.82) is 0 Å². The fourth-order valence-electron chi connectivity index (χ4n) is 2.29. The summed E-state index contributed by atoms with van der Waals surface area (Å²) in [7, 11) is 0. The van der Waals surface area contributed by atoms with Gasteiger partial charge in [0.25, 0.3) is 0 Å². The summed E-state index contributed by atoms with van der Waals surface area (Å²) >= 11 is 6.04. The number of carboxylic acids is 1. The zero-order valence-corrected chi connectivity index (χ0v) is 13.7. The Kier molecular flexibility index (Phi) is 6.59. The van der Waals surface area contributed by atoms with Crippen LogP contribution in [0.25, 0.3) is 0 Å². The van der Waals surface area contributed by atoms with Crippen LogP contribution < -0.4 is 5.32 Å². The van der Waals surface area contributed by atoms with Gasteiger partial charge >= 0.3 is 5.97 Å². The maximum atomic E-state index is 10.8. The van der Waals surface area contributed by atoms with Gasteiger partial charge in [-0.05, 0) is 42.3 Å². The Balaban J connectivity index is 1.92. The lowest BCUT2D eigenvalue weighted by Crippen LogP contribution is -2.23. The molecule has 0 radical (unpaired) electrons. The van der Waals surface area contributed by atoms with E-state index < -0.39 is 5.97 Å². The van der Waals surface area contributed by atoms with E-state index in [0.29, 0.717) is 30.3 Å². The van der Waals surface area contributed by atoms with Gasteiger partial charge in [-0.1, -0.05) is 35.9 Å². The summed E-state index contributed by atoms with van der Waals surface area (Å²) in [5.74, 6) is -0.915. The highest BCUT2D eigenvalue weighted by molar-refractivity contribution is 6.30. The molecule has 0 saturated heterocycles. The minimum absolute atomic E-state index is 0.0722. The molecule has 0 aromatic heterocycles. The Morgan fingerprint density at radius 1 is 1.26 bits per heavy atom. The maximum Gasteiger partial charge on any atom is 0.335 e. The molecule has 0 fully saturated rings. The van der Waals surface area contributed by atoms with Crippen LogP contribution in [0.5, 0.6) is 0 Å². The van der Waals surface area contributed by atoms with Crippen molar-refractivity contribution in [2.75, 3.05) is 13.2 Å². The standard InChI is InChI=1S/C18H20ClNO3/c1-2-23-17(15-4-3-5-16(19)10-15)12-20-11-13-6-8-14(9-7-13)18(21)22/h3-10,17,20H,2,11-12H2,1H3,(H,21,22)/t17-/m0/s1. The number of carboxylic acid groups (broad SMARTS) is 1. The number of benzene rings is 2. The molecule has 23 heavy (non-hydrogen) atoms. The Labute approximate surface area is 141 Å². The van der Waals surface area contributed by atoms with Crippen LogP contribution in [0.1, 0.15) is 34.5 Å². The minimum atomic E-state index is -0.915. The van der Waals surface area contributed by atoms with Crippen LogP contribution >= 0.6 is 11.6 Å². The fourth-order valence-corrected chi connectivity index (χ4v) is 2.49. The van der Waals surface area contributed by atoms with Gasteiger partial charge in [0.1, 0.15) is 0 Å². The van der Waals surface area contributed by atoms with Crippen molar-refractivity contribution in [1.82, 2.24) is 5.32 Å². The van der Waals surface area contributed by atoms with Gasteiger partial charge in [-0.15, -0.1) is 0 Å². The number of nitrogens with one attached hydrogen (secondary N) is 1. The van der Waals surface area contributed by atoms with Gasteiger partial charge in [-0.2, -0.15) is 0 Å². The number of hydrogen-bond acceptors (Lipinski definition) is 3. The van der Waals surface area contributed by atoms with Crippen LogP contribution in [-0.4, -0.2) is 24.2 Å². The quantitative estimate of drug-likeness (QED) is 0.769. The average Bonchev–Trinajstić information content (AvgIpc) is 2.54. The largest absolute Gasteiger partial charge is 0.478 e. The van der Waals surface area contributed by atoms with E-state index in [2.05, 4.69) is 5.32 Å². The smallest absolute Gasteiger partial charge is 0.335 e. The van der Waals surface area contributed by atoms with E-state index >= 15 is 0 Å². The number of halogens is 1. The van der Waals surface area contributed by atoms with Crippen molar-refractivity contribution in [2.45, 2.75) is 19.6 Å². The molecule has 4 nitrogen and oxygen atoms in total. The Morgan fingerprint density at radius 3 is 2.61 bits per heavy atom. The SMILES string of the molecule is CCO[C@@H](CNCc1ccc(C(=O)O)cc1)c1cccc(Cl)c1. The van der Waals surface area contributed by atoms with E-state index in [4.69, 9.17) is 21.4 Å². The first kappa shape index (κ1) is 17.5. The predicted octanol–water partition coefficient (Wildman–Crippen LogP) is 3.91. The molecule has 0 amide bonds. The van der Waals surface area contributed by atoms with Crippen LogP contribution in [0.15, 0.2) is 48.5 Å². The molecule has 2 aromatic carbocycles. The zero-order valence-electron chi connectivity index (χ0n) is 13.0. The van der Waals surface area contributed by atoms with Crippen LogP contribution in [-0.2, 0) is 11.3 Å². The Hall–Kier alpha value is -1.88. The van der Waals surface area contributed by atoms with Crippen molar-refractivity contribution in [3.63, 3.8) is 0 Å². The van der Waals surface area contributed by atoms with E-state index in [9.17, 15) is 4.79 Å². The van der Waals surface area contributed by atoms with E-state index in [-0.39, 0.29) is 6.10 Å². The van der Waals surface area contributed by atoms with Gasteiger partial charge < -0.3 is 15.2 Å². The van der Waals surface area contributed by atoms with Gasteiger partial charge in [0.05, 0.1) is 11.7 Å². The molecule has 0 heterocycles. The van der Waals surface area contributed by atoms with Crippen molar-refractivity contribution in [2.24, 2.45) is 0 Å². The highest BCUT2D eigenvalue weighted by Gasteiger charge is 2.11. The summed E-state index contributed by atoms with van der Waals surface area (Å²) in [6, 6.07) is 14.5. The first-order valence-corrected chi connectivity index (χ1v) is 7.88. The summed E-state index contributed by atoms with van der Waals surface area (Å²) in [4.78, 5) is 10.8. The number of aromatic carboxylic acids is 1. The molecule has 122 valence electrons. The first-order valence-electron chi connectivity index (χ1n) is 7.50. The molecule has 0 aliphatic heterocycles. The topological polar surface area (TPSA) is 58.6 Å². The predicted molar refractivity (Wildman–Crippen MR) is 90.9 cm³/mol. The lowest BCUT2D eigenvalue weighted by molar-refractivity contribution is 0.0621. The Bertz CT molecular complexity index is 643. The maximum absolute atomic E-state index is 10.8. The zero-order chi connectivity index (χ0) is 16.7. The average molecular weight is 334 g/mol. The van der Waals surface area contributed by atoms with Crippen LogP contribution in [0, 0.1) is 0 Å². The summed E-state index contributed by atoms with van der Waals surface area (Å²) in [5.41, 5.74) is 2.35. The molecule has 0 unspecified atom stereocenters. The second kappa shape index (κ2) is 8.67. The van der Waals surface area contributed by atoms with Crippen LogP contribution in [0.3, 0.4) is 0 Å². The first-order chi connectivity index (χ1) is 11.1. The summed E-state index contributed by atoms with van der Waals surface area (Å²) in [5, 5.41) is 12.9. The van der Waals surface area contributed by atoms with Crippen molar-refractivity contribution in [3.05, 3.63) is 70.2 Å². The molecule has 0 saturated carbocycles. The van der Waals surface area contributed by atoms with Crippen molar-refractivity contribution < 1.29 is 14.6 Å². The number of ether oxygens (including phenoxy) is 1. The molecular weight excluding hydrogens is 314 g/mol. The van der Waals surface area contributed by atoms with Gasteiger partial charge in [-0.3, -0.25) is 0 Å². The van der Waals surface area contributed by atoms with Crippen LogP contribution in [0.4, 0.5) is 0 Å². The second-order valence-electron chi connectivity index (χ2n) is 5.13. The monoisotopic (exact) mass is 333 g/mol. The Morgan fingerprint density at radius 2 is 2.00 bits per heavy atom. The normalized spacial score (nSPS) is 12.1. The molecule has 5 heteroatoms. The molecule has 0 spiro atoms. The number of rotatable bonds is 8. The lowest BCUT2D eigenvalue weighted by Gasteiger charge is -2.18. The molecule has 0 bridgehead atoms. The van der Waals surface area contributed by atoms with Gasteiger partial charge in [0.2, 0.25) is 0 Å². The second-order valence-corrected chi connectivity index (χ2v) is 5.57. The van der Waals surface area contributed by atoms with Crippen molar-refractivity contribution >= 4 is 17.6 Å². The molecule has 2 rings (SSSR count). The highest BCUT2D eigenvalue weighted by Crippen LogP contribution is 2.20. The molecular formula is C18H20ClNO3. The van der Waals surface area contributed by atoms with E-state index in [0.717, 1.165) is 11.1 Å². The van der Waals surface area contributed by atoms with Gasteiger partial charge in [0.15, 0.2) is 0 Å². The summed E-state index contributed by atoms with van der Waals surface area (Å²) in [6.07, 6.45) is -0.0722. The minimum Gasteiger partial charge on any atom is -0.478 e. The van der Waals surface area contributed by atoms with Crippen LogP contribution in [0.2, 0.25) is 5.02 Å².